The van der Waals surface area contributed by atoms with Crippen LogP contribution in [0.3, 0.4) is 0 Å². The molecule has 1 heterocycles. The maximum Gasteiger partial charge on any atom is 0.269 e. The van der Waals surface area contributed by atoms with Gasteiger partial charge in [-0.3, -0.25) is 10.1 Å². The van der Waals surface area contributed by atoms with E-state index in [0.29, 0.717) is 12.6 Å². The summed E-state index contributed by atoms with van der Waals surface area (Å²) in [4.78, 5) is 14.3. The maximum atomic E-state index is 10.6. The van der Waals surface area contributed by atoms with Crippen molar-refractivity contribution in [2.45, 2.75) is 26.4 Å². The second kappa shape index (κ2) is 5.51. The molecular formula is C13H16N4O2. The predicted octanol–water partition coefficient (Wildman–Crippen LogP) is 2.98. The Morgan fingerprint density at radius 3 is 2.63 bits per heavy atom. The number of rotatable bonds is 5. The molecule has 0 saturated heterocycles. The van der Waals surface area contributed by atoms with E-state index in [-0.39, 0.29) is 5.69 Å². The van der Waals surface area contributed by atoms with E-state index in [9.17, 15) is 10.1 Å². The van der Waals surface area contributed by atoms with Gasteiger partial charge in [0, 0.05) is 30.1 Å². The van der Waals surface area contributed by atoms with E-state index in [1.54, 1.807) is 18.5 Å². The summed E-state index contributed by atoms with van der Waals surface area (Å²) in [6, 6.07) is 6.74. The van der Waals surface area contributed by atoms with Gasteiger partial charge in [-0.25, -0.2) is 4.98 Å². The molecule has 0 fully saturated rings. The van der Waals surface area contributed by atoms with E-state index in [1.807, 2.05) is 6.20 Å². The Bertz CT molecular complexity index is 560. The van der Waals surface area contributed by atoms with Crippen LogP contribution in [0.4, 0.5) is 11.4 Å². The van der Waals surface area contributed by atoms with Gasteiger partial charge in [0.1, 0.15) is 0 Å². The minimum Gasteiger partial charge on any atom is -0.379 e. The minimum absolute atomic E-state index is 0.0952. The molecule has 0 amide bonds. The first-order valence-electron chi connectivity index (χ1n) is 6.07. The van der Waals surface area contributed by atoms with Gasteiger partial charge in [0.2, 0.25) is 0 Å². The molecule has 0 atom stereocenters. The Morgan fingerprint density at radius 1 is 1.37 bits per heavy atom. The first-order chi connectivity index (χ1) is 9.08. The van der Waals surface area contributed by atoms with Crippen molar-refractivity contribution in [2.75, 3.05) is 5.32 Å². The molecule has 1 N–H and O–H groups in total. The third kappa shape index (κ3) is 3.09. The van der Waals surface area contributed by atoms with Gasteiger partial charge in [0.15, 0.2) is 0 Å². The SMILES string of the molecule is CC(C)n1cncc1CNc1ccc([N+](=O)[O-])cc1. The van der Waals surface area contributed by atoms with Gasteiger partial charge in [-0.1, -0.05) is 0 Å². The molecule has 0 bridgehead atoms. The number of aromatic nitrogens is 2. The molecule has 1 aromatic heterocycles. The Balaban J connectivity index is 2.02. The highest BCUT2D eigenvalue weighted by Crippen LogP contribution is 2.17. The van der Waals surface area contributed by atoms with E-state index >= 15 is 0 Å². The highest BCUT2D eigenvalue weighted by Gasteiger charge is 2.06. The second-order valence-electron chi connectivity index (χ2n) is 4.54. The lowest BCUT2D eigenvalue weighted by molar-refractivity contribution is -0.384. The molecule has 0 spiro atoms. The summed E-state index contributed by atoms with van der Waals surface area (Å²) in [5.74, 6) is 0. The molecule has 0 aliphatic carbocycles. The van der Waals surface area contributed by atoms with E-state index in [1.165, 1.54) is 12.1 Å². The van der Waals surface area contributed by atoms with Crippen LogP contribution in [0.2, 0.25) is 0 Å². The molecule has 0 radical (unpaired) electrons. The lowest BCUT2D eigenvalue weighted by Gasteiger charge is -2.12. The number of hydrogen-bond acceptors (Lipinski definition) is 4. The van der Waals surface area contributed by atoms with Crippen LogP contribution in [0, 0.1) is 10.1 Å². The number of nitrogens with one attached hydrogen (secondary N) is 1. The van der Waals surface area contributed by atoms with Gasteiger partial charge < -0.3 is 9.88 Å². The van der Waals surface area contributed by atoms with Gasteiger partial charge >= 0.3 is 0 Å². The first-order valence-corrected chi connectivity index (χ1v) is 6.07. The molecule has 1 aromatic carbocycles. The van der Waals surface area contributed by atoms with Crippen molar-refractivity contribution in [1.82, 2.24) is 9.55 Å². The van der Waals surface area contributed by atoms with Crippen LogP contribution in [0.15, 0.2) is 36.8 Å². The molecule has 19 heavy (non-hydrogen) atoms. The van der Waals surface area contributed by atoms with Gasteiger partial charge in [0.05, 0.1) is 23.5 Å². The van der Waals surface area contributed by atoms with Crippen molar-refractivity contribution in [3.63, 3.8) is 0 Å². The first kappa shape index (κ1) is 13.1. The molecule has 0 aliphatic rings. The van der Waals surface area contributed by atoms with Gasteiger partial charge in [-0.05, 0) is 26.0 Å². The Labute approximate surface area is 111 Å². The van der Waals surface area contributed by atoms with Crippen molar-refractivity contribution in [3.8, 4) is 0 Å². The Hall–Kier alpha value is -2.37. The van der Waals surface area contributed by atoms with Crippen LogP contribution in [-0.4, -0.2) is 14.5 Å². The topological polar surface area (TPSA) is 73.0 Å². The monoisotopic (exact) mass is 260 g/mol. The van der Waals surface area contributed by atoms with Gasteiger partial charge in [0.25, 0.3) is 5.69 Å². The molecule has 2 aromatic rings. The maximum absolute atomic E-state index is 10.6. The number of benzene rings is 1. The van der Waals surface area contributed by atoms with Crippen molar-refractivity contribution in [3.05, 3.63) is 52.6 Å². The molecule has 0 unspecified atom stereocenters. The fourth-order valence-corrected chi connectivity index (χ4v) is 1.83. The molecule has 6 nitrogen and oxygen atoms in total. The van der Waals surface area contributed by atoms with Crippen LogP contribution in [0.5, 0.6) is 0 Å². The average molecular weight is 260 g/mol. The predicted molar refractivity (Wildman–Crippen MR) is 73.0 cm³/mol. The van der Waals surface area contributed by atoms with Crippen molar-refractivity contribution >= 4 is 11.4 Å². The number of anilines is 1. The van der Waals surface area contributed by atoms with E-state index in [4.69, 9.17) is 0 Å². The van der Waals surface area contributed by atoms with Crippen LogP contribution < -0.4 is 5.32 Å². The summed E-state index contributed by atoms with van der Waals surface area (Å²) in [6.45, 7) is 4.82. The number of nitro benzene ring substituents is 1. The summed E-state index contributed by atoms with van der Waals surface area (Å²) in [5, 5.41) is 13.8. The van der Waals surface area contributed by atoms with Crippen molar-refractivity contribution in [1.29, 1.82) is 0 Å². The van der Waals surface area contributed by atoms with Crippen LogP contribution in [-0.2, 0) is 6.54 Å². The molecule has 0 aliphatic heterocycles. The quantitative estimate of drug-likeness (QED) is 0.662. The minimum atomic E-state index is -0.405. The van der Waals surface area contributed by atoms with E-state index in [2.05, 4.69) is 28.7 Å². The largest absolute Gasteiger partial charge is 0.379 e. The number of non-ortho nitro benzene ring substituents is 1. The second-order valence-corrected chi connectivity index (χ2v) is 4.54. The Morgan fingerprint density at radius 2 is 2.05 bits per heavy atom. The lowest BCUT2D eigenvalue weighted by atomic mass is 10.3. The molecule has 6 heteroatoms. The van der Waals surface area contributed by atoms with Gasteiger partial charge in [-0.2, -0.15) is 0 Å². The fourth-order valence-electron chi connectivity index (χ4n) is 1.83. The van der Waals surface area contributed by atoms with E-state index in [0.717, 1.165) is 11.4 Å². The number of nitro groups is 1. The summed E-state index contributed by atoms with van der Waals surface area (Å²) in [5.41, 5.74) is 2.02. The third-order valence-electron chi connectivity index (χ3n) is 2.85. The summed E-state index contributed by atoms with van der Waals surface area (Å²) < 4.78 is 2.08. The van der Waals surface area contributed by atoms with E-state index < -0.39 is 4.92 Å². The van der Waals surface area contributed by atoms with Crippen LogP contribution >= 0.6 is 0 Å². The Kier molecular flexibility index (Phi) is 3.79. The normalized spacial score (nSPS) is 10.7. The summed E-state index contributed by atoms with van der Waals surface area (Å²) in [6.07, 6.45) is 3.62. The van der Waals surface area contributed by atoms with Crippen molar-refractivity contribution in [2.24, 2.45) is 0 Å². The lowest BCUT2D eigenvalue weighted by Crippen LogP contribution is -2.08. The summed E-state index contributed by atoms with van der Waals surface area (Å²) >= 11 is 0. The number of hydrogen-bond donors (Lipinski definition) is 1. The smallest absolute Gasteiger partial charge is 0.269 e. The summed E-state index contributed by atoms with van der Waals surface area (Å²) in [7, 11) is 0. The van der Waals surface area contributed by atoms with Gasteiger partial charge in [-0.15, -0.1) is 0 Å². The standard InChI is InChI=1S/C13H16N4O2/c1-10(2)16-9-14-7-13(16)8-15-11-3-5-12(6-4-11)17(18)19/h3-7,9-10,15H,8H2,1-2H3. The molecule has 0 saturated carbocycles. The fraction of sp³-hybridized carbons (Fsp3) is 0.308. The number of nitrogens with zero attached hydrogens (tertiary/aromatic N) is 3. The van der Waals surface area contributed by atoms with Crippen LogP contribution in [0.1, 0.15) is 25.6 Å². The highest BCUT2D eigenvalue weighted by molar-refractivity contribution is 5.48. The zero-order valence-corrected chi connectivity index (χ0v) is 10.9. The number of imidazole rings is 1. The zero-order valence-electron chi connectivity index (χ0n) is 10.9. The zero-order chi connectivity index (χ0) is 13.8. The van der Waals surface area contributed by atoms with Crippen LogP contribution in [0.25, 0.3) is 0 Å². The molecular weight excluding hydrogens is 244 g/mol. The average Bonchev–Trinajstić information content (AvgIpc) is 2.85. The third-order valence-corrected chi connectivity index (χ3v) is 2.85. The molecule has 2 rings (SSSR count). The molecule has 100 valence electrons. The van der Waals surface area contributed by atoms with Crippen molar-refractivity contribution < 1.29 is 4.92 Å². The highest BCUT2D eigenvalue weighted by atomic mass is 16.6.